The number of thioether (sulfide) groups is 1. The SMILES string of the molecule is C=CCNc1nnc(SCC(=O)N(C2CCCCC2)[C@@H]2CCS(=O)(=O)C2)s1. The lowest BCUT2D eigenvalue weighted by Gasteiger charge is -2.38. The van der Waals surface area contributed by atoms with Crippen molar-refractivity contribution in [2.45, 2.75) is 54.9 Å². The summed E-state index contributed by atoms with van der Waals surface area (Å²) in [5, 5.41) is 11.9. The predicted molar refractivity (Wildman–Crippen MR) is 110 cm³/mol. The van der Waals surface area contributed by atoms with Gasteiger partial charge in [-0.15, -0.1) is 16.8 Å². The molecule has 10 heteroatoms. The van der Waals surface area contributed by atoms with E-state index >= 15 is 0 Å². The lowest BCUT2D eigenvalue weighted by molar-refractivity contribution is -0.133. The molecule has 27 heavy (non-hydrogen) atoms. The maximum Gasteiger partial charge on any atom is 0.233 e. The molecule has 7 nitrogen and oxygen atoms in total. The molecule has 1 atom stereocenters. The summed E-state index contributed by atoms with van der Waals surface area (Å²) in [5.41, 5.74) is 0. The van der Waals surface area contributed by atoms with Crippen molar-refractivity contribution in [3.05, 3.63) is 12.7 Å². The van der Waals surface area contributed by atoms with E-state index in [1.807, 2.05) is 4.90 Å². The highest BCUT2D eigenvalue weighted by Gasteiger charge is 2.38. The van der Waals surface area contributed by atoms with Crippen LogP contribution in [0.25, 0.3) is 0 Å². The molecule has 2 aliphatic rings. The quantitative estimate of drug-likeness (QED) is 0.500. The molecule has 0 radical (unpaired) electrons. The first-order valence-electron chi connectivity index (χ1n) is 9.31. The molecule has 2 fully saturated rings. The molecule has 0 unspecified atom stereocenters. The second kappa shape index (κ2) is 9.38. The van der Waals surface area contributed by atoms with E-state index in [4.69, 9.17) is 0 Å². The molecular weight excluding hydrogens is 404 g/mol. The number of hydrogen-bond acceptors (Lipinski definition) is 8. The monoisotopic (exact) mass is 430 g/mol. The largest absolute Gasteiger partial charge is 0.357 e. The van der Waals surface area contributed by atoms with Gasteiger partial charge in [0.05, 0.1) is 17.3 Å². The number of carbonyl (C=O) groups excluding carboxylic acids is 1. The van der Waals surface area contributed by atoms with Crippen LogP contribution in [0.2, 0.25) is 0 Å². The van der Waals surface area contributed by atoms with Gasteiger partial charge >= 0.3 is 0 Å². The van der Waals surface area contributed by atoms with Gasteiger partial charge in [0.2, 0.25) is 11.0 Å². The topological polar surface area (TPSA) is 92.3 Å². The van der Waals surface area contributed by atoms with Crippen LogP contribution >= 0.6 is 23.1 Å². The van der Waals surface area contributed by atoms with Crippen molar-refractivity contribution in [2.75, 3.05) is 29.1 Å². The number of sulfone groups is 1. The number of carbonyl (C=O) groups is 1. The summed E-state index contributed by atoms with van der Waals surface area (Å²) in [6.45, 7) is 4.26. The molecule has 3 rings (SSSR count). The van der Waals surface area contributed by atoms with Crippen LogP contribution in [0.15, 0.2) is 17.0 Å². The van der Waals surface area contributed by atoms with E-state index in [1.165, 1.54) is 29.5 Å². The lowest BCUT2D eigenvalue weighted by Crippen LogP contribution is -2.49. The number of nitrogens with one attached hydrogen (secondary N) is 1. The highest BCUT2D eigenvalue weighted by Crippen LogP contribution is 2.31. The molecule has 1 aliphatic heterocycles. The summed E-state index contributed by atoms with van der Waals surface area (Å²) < 4.78 is 24.6. The smallest absolute Gasteiger partial charge is 0.233 e. The van der Waals surface area contributed by atoms with Gasteiger partial charge in [-0.25, -0.2) is 8.42 Å². The molecule has 0 bridgehead atoms. The average molecular weight is 431 g/mol. The minimum absolute atomic E-state index is 0.0183. The van der Waals surface area contributed by atoms with Crippen molar-refractivity contribution >= 4 is 44.0 Å². The first-order valence-corrected chi connectivity index (χ1v) is 12.9. The number of rotatable bonds is 8. The van der Waals surface area contributed by atoms with Gasteiger partial charge in [0.1, 0.15) is 0 Å². The Morgan fingerprint density at radius 2 is 2.04 bits per heavy atom. The molecular formula is C17H26N4O3S3. The van der Waals surface area contributed by atoms with Crippen molar-refractivity contribution in [1.82, 2.24) is 15.1 Å². The Labute approximate surface area is 168 Å². The van der Waals surface area contributed by atoms with E-state index in [2.05, 4.69) is 22.1 Å². The summed E-state index contributed by atoms with van der Waals surface area (Å²) >= 11 is 2.78. The van der Waals surface area contributed by atoms with Gasteiger partial charge < -0.3 is 10.2 Å². The van der Waals surface area contributed by atoms with Crippen LogP contribution in [0.4, 0.5) is 5.13 Å². The third-order valence-corrected chi connectivity index (χ3v) is 8.73. The van der Waals surface area contributed by atoms with Gasteiger partial charge in [0.25, 0.3) is 0 Å². The summed E-state index contributed by atoms with van der Waals surface area (Å²) in [6.07, 6.45) is 7.66. The van der Waals surface area contributed by atoms with Gasteiger partial charge in [0, 0.05) is 18.6 Å². The highest BCUT2D eigenvalue weighted by atomic mass is 32.2. The van der Waals surface area contributed by atoms with E-state index in [-0.39, 0.29) is 35.2 Å². The van der Waals surface area contributed by atoms with Gasteiger partial charge in [0.15, 0.2) is 14.2 Å². The second-order valence-corrected chi connectivity index (χ2v) is 11.4. The Hall–Kier alpha value is -1.13. The zero-order chi connectivity index (χ0) is 19.3. The minimum Gasteiger partial charge on any atom is -0.357 e. The molecule has 2 heterocycles. The van der Waals surface area contributed by atoms with Gasteiger partial charge in [-0.1, -0.05) is 48.4 Å². The van der Waals surface area contributed by atoms with Crippen molar-refractivity contribution in [2.24, 2.45) is 0 Å². The van der Waals surface area contributed by atoms with Crippen LogP contribution in [0.5, 0.6) is 0 Å². The number of nitrogens with zero attached hydrogens (tertiary/aromatic N) is 3. The third-order valence-electron chi connectivity index (χ3n) is 4.98. The Kier molecular flexibility index (Phi) is 7.16. The predicted octanol–water partition coefficient (Wildman–Crippen LogP) is 2.58. The Bertz CT molecular complexity index is 759. The zero-order valence-corrected chi connectivity index (χ0v) is 17.8. The summed E-state index contributed by atoms with van der Waals surface area (Å²) in [4.78, 5) is 14.9. The van der Waals surface area contributed by atoms with E-state index in [1.54, 1.807) is 6.08 Å². The molecule has 1 aromatic heterocycles. The first kappa shape index (κ1) is 20.6. The number of anilines is 1. The number of amides is 1. The fourth-order valence-electron chi connectivity index (χ4n) is 3.76. The molecule has 1 aromatic rings. The summed E-state index contributed by atoms with van der Waals surface area (Å²) in [7, 11) is -3.02. The lowest BCUT2D eigenvalue weighted by atomic mass is 9.93. The minimum atomic E-state index is -3.02. The standard InChI is InChI=1S/C17H26N4O3S3/c1-2-9-18-16-19-20-17(26-16)25-11-15(22)21(13-6-4-3-5-7-13)14-8-10-27(23,24)12-14/h2,13-14H,1,3-12H2,(H,18,19)/t14-/m1/s1. The van der Waals surface area contributed by atoms with Crippen LogP contribution < -0.4 is 5.32 Å². The first-order chi connectivity index (χ1) is 13.0. The molecule has 0 aromatic carbocycles. The van der Waals surface area contributed by atoms with Crippen molar-refractivity contribution < 1.29 is 13.2 Å². The third kappa shape index (κ3) is 5.68. The van der Waals surface area contributed by atoms with Gasteiger partial charge in [-0.3, -0.25) is 4.79 Å². The van der Waals surface area contributed by atoms with E-state index in [9.17, 15) is 13.2 Å². The highest BCUT2D eigenvalue weighted by molar-refractivity contribution is 8.01. The van der Waals surface area contributed by atoms with Gasteiger partial charge in [-0.05, 0) is 19.3 Å². The molecule has 1 amide bonds. The van der Waals surface area contributed by atoms with Crippen LogP contribution in [0.3, 0.4) is 0 Å². The van der Waals surface area contributed by atoms with E-state index in [0.29, 0.717) is 18.1 Å². The average Bonchev–Trinajstić information content (AvgIpc) is 3.25. The zero-order valence-electron chi connectivity index (χ0n) is 15.3. The molecule has 1 saturated carbocycles. The molecule has 150 valence electrons. The second-order valence-electron chi connectivity index (χ2n) is 6.98. The summed E-state index contributed by atoms with van der Waals surface area (Å²) in [5.74, 6) is 0.581. The molecule has 1 N–H and O–H groups in total. The Morgan fingerprint density at radius 1 is 1.26 bits per heavy atom. The van der Waals surface area contributed by atoms with Gasteiger partial charge in [-0.2, -0.15) is 0 Å². The van der Waals surface area contributed by atoms with Crippen molar-refractivity contribution in [1.29, 1.82) is 0 Å². The molecule has 0 spiro atoms. The summed E-state index contributed by atoms with van der Waals surface area (Å²) in [6, 6.07) is -0.00479. The molecule has 1 saturated heterocycles. The fraction of sp³-hybridized carbons (Fsp3) is 0.706. The van der Waals surface area contributed by atoms with Crippen molar-refractivity contribution in [3.63, 3.8) is 0 Å². The van der Waals surface area contributed by atoms with E-state index in [0.717, 1.165) is 30.0 Å². The van der Waals surface area contributed by atoms with E-state index < -0.39 is 9.84 Å². The maximum atomic E-state index is 13.0. The van der Waals surface area contributed by atoms with Crippen LogP contribution in [0, 0.1) is 0 Å². The number of aromatic nitrogens is 2. The van der Waals surface area contributed by atoms with Crippen molar-refractivity contribution in [3.8, 4) is 0 Å². The fourth-order valence-corrected chi connectivity index (χ4v) is 7.10. The van der Waals surface area contributed by atoms with Crippen LogP contribution in [0.1, 0.15) is 38.5 Å². The Morgan fingerprint density at radius 3 is 2.70 bits per heavy atom. The van der Waals surface area contributed by atoms with Crippen LogP contribution in [-0.2, 0) is 14.6 Å². The van der Waals surface area contributed by atoms with Crippen LogP contribution in [-0.4, -0.2) is 65.3 Å². The molecule has 1 aliphatic carbocycles. The normalized spacial score (nSPS) is 22.4. The maximum absolute atomic E-state index is 13.0. The number of hydrogen-bond donors (Lipinski definition) is 1. The Balaban J connectivity index is 1.63.